The Morgan fingerprint density at radius 3 is 2.32 bits per heavy atom. The van der Waals surface area contributed by atoms with Crippen LogP contribution in [0.5, 0.6) is 11.5 Å². The van der Waals surface area contributed by atoms with Gasteiger partial charge in [0.15, 0.2) is 0 Å². The molecule has 22 heavy (non-hydrogen) atoms. The van der Waals surface area contributed by atoms with E-state index in [0.29, 0.717) is 16.8 Å². The van der Waals surface area contributed by atoms with E-state index in [-0.39, 0.29) is 0 Å². The topological polar surface area (TPSA) is 76.0 Å². The second-order valence-corrected chi connectivity index (χ2v) is 11.4. The van der Waals surface area contributed by atoms with E-state index >= 15 is 0 Å². The standard InChI is InChI=1S/C16H25O5P/c1-15(2,3)22(19)12-10(20-6)8-7-9-11(12)21-14(22)16(4,5)13(17)18/h7-9,14,19,22H,1-6H3,(H,17,18)/t14-/m0/s1. The first-order chi connectivity index (χ1) is 9.97. The zero-order valence-electron chi connectivity index (χ0n) is 13.9. The Bertz CT molecular complexity index is 605. The van der Waals surface area contributed by atoms with E-state index in [4.69, 9.17) is 9.47 Å². The van der Waals surface area contributed by atoms with Crippen LogP contribution < -0.4 is 14.8 Å². The van der Waals surface area contributed by atoms with Crippen molar-refractivity contribution in [3.05, 3.63) is 18.2 Å². The van der Waals surface area contributed by atoms with Crippen molar-refractivity contribution < 1.29 is 24.3 Å². The number of carboxylic acids is 1. The second-order valence-electron chi connectivity index (χ2n) is 7.37. The van der Waals surface area contributed by atoms with Crippen LogP contribution in [-0.2, 0) is 4.79 Å². The van der Waals surface area contributed by atoms with Gasteiger partial charge in [-0.15, -0.1) is 0 Å². The predicted octanol–water partition coefficient (Wildman–Crippen LogP) is 2.61. The molecule has 0 unspecified atom stereocenters. The zero-order valence-corrected chi connectivity index (χ0v) is 14.9. The number of ether oxygens (including phenoxy) is 2. The number of rotatable bonds is 3. The van der Waals surface area contributed by atoms with E-state index in [1.165, 1.54) is 0 Å². The summed E-state index contributed by atoms with van der Waals surface area (Å²) >= 11 is 0. The van der Waals surface area contributed by atoms with Gasteiger partial charge in [0.05, 0.1) is 0 Å². The van der Waals surface area contributed by atoms with E-state index in [9.17, 15) is 14.8 Å². The molecule has 1 aliphatic rings. The van der Waals surface area contributed by atoms with Gasteiger partial charge in [0.2, 0.25) is 0 Å². The molecule has 0 aliphatic carbocycles. The number of methoxy groups -OCH3 is 1. The van der Waals surface area contributed by atoms with E-state index in [0.717, 1.165) is 0 Å². The van der Waals surface area contributed by atoms with Crippen molar-refractivity contribution in [1.82, 2.24) is 0 Å². The van der Waals surface area contributed by atoms with Gasteiger partial charge >= 0.3 is 131 Å². The molecule has 0 amide bonds. The van der Waals surface area contributed by atoms with Gasteiger partial charge in [0.25, 0.3) is 0 Å². The Labute approximate surface area is 131 Å². The number of carbonyl (C=O) groups is 1. The summed E-state index contributed by atoms with van der Waals surface area (Å²) in [4.78, 5) is 23.4. The monoisotopic (exact) mass is 328 g/mol. The van der Waals surface area contributed by atoms with Gasteiger partial charge in [-0.2, -0.15) is 0 Å². The molecular formula is C16H25O5P. The zero-order chi connectivity index (χ0) is 16.9. The summed E-state index contributed by atoms with van der Waals surface area (Å²) in [7, 11) is -1.79. The first-order valence-electron chi connectivity index (χ1n) is 7.27. The molecule has 1 aliphatic heterocycles. The van der Waals surface area contributed by atoms with Crippen molar-refractivity contribution in [3.8, 4) is 11.5 Å². The number of hydrogen-bond acceptors (Lipinski definition) is 4. The van der Waals surface area contributed by atoms with Crippen LogP contribution in [0.1, 0.15) is 34.6 Å². The summed E-state index contributed by atoms with van der Waals surface area (Å²) in [5, 5.41) is 9.75. The van der Waals surface area contributed by atoms with E-state index in [2.05, 4.69) is 0 Å². The van der Waals surface area contributed by atoms with Crippen molar-refractivity contribution in [1.29, 1.82) is 0 Å². The summed E-state index contributed by atoms with van der Waals surface area (Å²) in [5.74, 6) is -0.684. The van der Waals surface area contributed by atoms with Crippen LogP contribution in [0, 0.1) is 5.41 Å². The summed E-state index contributed by atoms with van der Waals surface area (Å²) in [6.45, 7) is 8.98. The molecule has 0 bridgehead atoms. The fourth-order valence-corrected chi connectivity index (χ4v) is 7.39. The van der Waals surface area contributed by atoms with Crippen molar-refractivity contribution in [2.75, 3.05) is 7.11 Å². The van der Waals surface area contributed by atoms with Gasteiger partial charge < -0.3 is 0 Å². The maximum atomic E-state index is 11.7. The van der Waals surface area contributed by atoms with Crippen LogP contribution >= 0.6 is 7.49 Å². The average molecular weight is 328 g/mol. The molecule has 2 N–H and O–H groups in total. The average Bonchev–Trinajstić information content (AvgIpc) is 2.73. The van der Waals surface area contributed by atoms with Crippen LogP contribution in [0.25, 0.3) is 0 Å². The Hall–Kier alpha value is -1.32. The third kappa shape index (κ3) is 2.19. The number of carboxylic acid groups (broad SMARTS) is 1. The van der Waals surface area contributed by atoms with Gasteiger partial charge in [-0.3, -0.25) is 0 Å². The Balaban J connectivity index is 2.74. The first kappa shape index (κ1) is 17.0. The Morgan fingerprint density at radius 1 is 1.27 bits per heavy atom. The summed E-state index contributed by atoms with van der Waals surface area (Å²) in [5.41, 5.74) is -1.21. The van der Waals surface area contributed by atoms with Gasteiger partial charge in [-0.25, -0.2) is 0 Å². The number of hydrogen-bond donors (Lipinski definition) is 2. The molecule has 0 radical (unpaired) electrons. The van der Waals surface area contributed by atoms with Crippen molar-refractivity contribution in [2.24, 2.45) is 5.41 Å². The van der Waals surface area contributed by atoms with Gasteiger partial charge in [0, 0.05) is 0 Å². The first-order valence-corrected chi connectivity index (χ1v) is 9.30. The van der Waals surface area contributed by atoms with Crippen LogP contribution in [-0.4, -0.2) is 34.1 Å². The normalized spacial score (nSPS) is 21.7. The molecule has 0 aromatic heterocycles. The Morgan fingerprint density at radius 2 is 1.86 bits per heavy atom. The minimum atomic E-state index is -3.33. The maximum absolute atomic E-state index is 11.7. The Kier molecular flexibility index (Phi) is 3.95. The second kappa shape index (κ2) is 5.10. The molecule has 2 rings (SSSR count). The predicted molar refractivity (Wildman–Crippen MR) is 88.7 cm³/mol. The van der Waals surface area contributed by atoms with Crippen molar-refractivity contribution in [2.45, 2.75) is 45.6 Å². The van der Waals surface area contributed by atoms with Gasteiger partial charge in [-0.05, 0) is 0 Å². The summed E-state index contributed by atoms with van der Waals surface area (Å²) < 4.78 is 11.4. The molecule has 0 fully saturated rings. The minimum absolute atomic E-state index is 0.510. The van der Waals surface area contributed by atoms with Crippen LogP contribution in [0.4, 0.5) is 0 Å². The molecule has 1 aromatic carbocycles. The summed E-state index contributed by atoms with van der Waals surface area (Å²) in [6.07, 6.45) is 0. The number of aliphatic carboxylic acids is 1. The summed E-state index contributed by atoms with van der Waals surface area (Å²) in [6, 6.07) is 5.33. The molecular weight excluding hydrogens is 303 g/mol. The number of fused-ring (bicyclic) bond motifs is 1. The SMILES string of the molecule is COc1cccc2c1[PH](O)(C(C)(C)C)[C@@H](C(C)(C)C(=O)O)O2. The molecule has 6 heteroatoms. The fraction of sp³-hybridized carbons (Fsp3) is 0.562. The molecule has 1 heterocycles. The molecule has 124 valence electrons. The van der Waals surface area contributed by atoms with Crippen molar-refractivity contribution >= 4 is 18.8 Å². The fourth-order valence-electron chi connectivity index (χ4n) is 3.05. The van der Waals surface area contributed by atoms with Gasteiger partial charge in [0.1, 0.15) is 0 Å². The van der Waals surface area contributed by atoms with Crippen LogP contribution in [0.15, 0.2) is 18.2 Å². The quantitative estimate of drug-likeness (QED) is 0.834. The molecule has 5 nitrogen and oxygen atoms in total. The van der Waals surface area contributed by atoms with E-state index < -0.39 is 29.9 Å². The van der Waals surface area contributed by atoms with Crippen LogP contribution in [0.3, 0.4) is 0 Å². The van der Waals surface area contributed by atoms with E-state index in [1.807, 2.05) is 20.8 Å². The number of benzene rings is 1. The van der Waals surface area contributed by atoms with Crippen molar-refractivity contribution in [3.63, 3.8) is 0 Å². The third-order valence-electron chi connectivity index (χ3n) is 4.56. The third-order valence-corrected chi connectivity index (χ3v) is 9.70. The molecule has 1 atom stereocenters. The molecule has 0 saturated carbocycles. The molecule has 1 aromatic rings. The van der Waals surface area contributed by atoms with E-state index in [1.54, 1.807) is 39.2 Å². The molecule has 0 saturated heterocycles. The van der Waals surface area contributed by atoms with Crippen LogP contribution in [0.2, 0.25) is 0 Å². The van der Waals surface area contributed by atoms with Gasteiger partial charge in [-0.1, -0.05) is 0 Å². The molecule has 0 spiro atoms.